The summed E-state index contributed by atoms with van der Waals surface area (Å²) >= 11 is 1.19. The molecule has 0 fully saturated rings. The third-order valence-electron chi connectivity index (χ3n) is 4.34. The molecule has 2 aromatic rings. The van der Waals surface area contributed by atoms with Crippen LogP contribution in [0.15, 0.2) is 29.4 Å². The second-order valence-corrected chi connectivity index (χ2v) is 8.20. The van der Waals surface area contributed by atoms with Crippen molar-refractivity contribution in [3.63, 3.8) is 0 Å². The number of benzene rings is 1. The molecule has 1 aromatic carbocycles. The van der Waals surface area contributed by atoms with Gasteiger partial charge in [-0.25, -0.2) is 9.18 Å². The van der Waals surface area contributed by atoms with Gasteiger partial charge in [-0.3, -0.25) is 14.7 Å². The summed E-state index contributed by atoms with van der Waals surface area (Å²) in [6.45, 7) is 5.74. The highest BCUT2D eigenvalue weighted by Crippen LogP contribution is 2.31. The number of carbonyl (C=O) groups excluding carboxylic acids is 2. The summed E-state index contributed by atoms with van der Waals surface area (Å²) in [5, 5.41) is 10.6. The fourth-order valence-electron chi connectivity index (χ4n) is 2.53. The van der Waals surface area contributed by atoms with Crippen molar-refractivity contribution in [3.8, 4) is 5.69 Å². The Morgan fingerprint density at radius 2 is 1.79 bits per heavy atom. The van der Waals surface area contributed by atoms with Crippen LogP contribution in [0.1, 0.15) is 32.6 Å². The fourth-order valence-corrected chi connectivity index (χ4v) is 3.59. The van der Waals surface area contributed by atoms with Crippen LogP contribution in [0.4, 0.5) is 9.18 Å². The highest BCUT2D eigenvalue weighted by molar-refractivity contribution is 8.00. The summed E-state index contributed by atoms with van der Waals surface area (Å²) in [5.41, 5.74) is 5.78. The Kier molecular flexibility index (Phi) is 7.14. The first-order valence-corrected chi connectivity index (χ1v) is 9.78. The van der Waals surface area contributed by atoms with Crippen LogP contribution >= 0.6 is 11.8 Å². The number of hydrogen-bond acceptors (Lipinski definition) is 5. The molecule has 0 unspecified atom stereocenters. The van der Waals surface area contributed by atoms with E-state index < -0.39 is 17.2 Å². The largest absolute Gasteiger partial charge is 0.351 e. The molecule has 2 atom stereocenters. The lowest BCUT2D eigenvalue weighted by Gasteiger charge is -2.21. The fraction of sp³-hybridized carbons (Fsp3) is 0.444. The lowest BCUT2D eigenvalue weighted by atomic mass is 10.1. The van der Waals surface area contributed by atoms with Crippen molar-refractivity contribution < 1.29 is 18.9 Å². The first-order valence-electron chi connectivity index (χ1n) is 8.90. The van der Waals surface area contributed by atoms with Gasteiger partial charge in [0, 0.05) is 5.69 Å². The number of aromatic nitrogens is 3. The molecular weight excluding hydrogens is 383 g/mol. The lowest BCUT2D eigenvalue weighted by Crippen LogP contribution is -3.05. The second-order valence-electron chi connectivity index (χ2n) is 7.09. The van der Waals surface area contributed by atoms with Gasteiger partial charge >= 0.3 is 6.03 Å². The molecule has 0 bridgehead atoms. The molecule has 1 aromatic heterocycles. The van der Waals surface area contributed by atoms with Crippen LogP contribution < -0.4 is 16.0 Å². The molecule has 152 valence electrons. The van der Waals surface area contributed by atoms with E-state index in [1.165, 1.54) is 23.9 Å². The Balaban J connectivity index is 2.49. The van der Waals surface area contributed by atoms with Gasteiger partial charge in [0.05, 0.1) is 19.3 Å². The van der Waals surface area contributed by atoms with Crippen LogP contribution in [0, 0.1) is 11.7 Å². The van der Waals surface area contributed by atoms with E-state index in [-0.39, 0.29) is 17.8 Å². The molecular formula is C18H26FN6O2S+. The maximum absolute atomic E-state index is 13.4. The van der Waals surface area contributed by atoms with Crippen LogP contribution in [0.2, 0.25) is 0 Å². The quantitative estimate of drug-likeness (QED) is 0.590. The SMILES string of the molecule is CC(C)[C@@H](Sc1nnc([C@H](C)[NH+](C)C)n1-c1ccc(F)cc1)C(=O)NC(N)=O. The summed E-state index contributed by atoms with van der Waals surface area (Å²) < 4.78 is 15.2. The molecule has 8 nitrogen and oxygen atoms in total. The van der Waals surface area contributed by atoms with E-state index in [4.69, 9.17) is 5.73 Å². The monoisotopic (exact) mass is 409 g/mol. The van der Waals surface area contributed by atoms with Gasteiger partial charge in [-0.05, 0) is 37.1 Å². The summed E-state index contributed by atoms with van der Waals surface area (Å²) in [6, 6.07) is 5.10. The van der Waals surface area contributed by atoms with E-state index >= 15 is 0 Å². The maximum Gasteiger partial charge on any atom is 0.318 e. The number of quaternary nitrogens is 1. The molecule has 0 aliphatic heterocycles. The minimum Gasteiger partial charge on any atom is -0.351 e. The molecule has 28 heavy (non-hydrogen) atoms. The van der Waals surface area contributed by atoms with Crippen LogP contribution in [0.3, 0.4) is 0 Å². The summed E-state index contributed by atoms with van der Waals surface area (Å²) in [5.74, 6) is -0.247. The zero-order valence-corrected chi connectivity index (χ0v) is 17.4. The van der Waals surface area contributed by atoms with E-state index in [9.17, 15) is 14.0 Å². The predicted molar refractivity (Wildman–Crippen MR) is 105 cm³/mol. The summed E-state index contributed by atoms with van der Waals surface area (Å²) in [4.78, 5) is 24.6. The highest BCUT2D eigenvalue weighted by Gasteiger charge is 2.30. The van der Waals surface area contributed by atoms with Gasteiger partial charge in [0.2, 0.25) is 5.91 Å². The van der Waals surface area contributed by atoms with Gasteiger partial charge in [0.25, 0.3) is 0 Å². The molecule has 0 spiro atoms. The molecule has 10 heteroatoms. The molecule has 3 amide bonds. The normalized spacial score (nSPS) is 13.6. The van der Waals surface area contributed by atoms with Gasteiger partial charge in [-0.1, -0.05) is 25.6 Å². The Bertz CT molecular complexity index is 837. The zero-order chi connectivity index (χ0) is 21.0. The van der Waals surface area contributed by atoms with Crippen molar-refractivity contribution in [3.05, 3.63) is 35.9 Å². The highest BCUT2D eigenvalue weighted by atomic mass is 32.2. The van der Waals surface area contributed by atoms with Gasteiger partial charge < -0.3 is 10.6 Å². The first-order chi connectivity index (χ1) is 13.1. The Morgan fingerprint density at radius 1 is 1.18 bits per heavy atom. The van der Waals surface area contributed by atoms with Crippen molar-refractivity contribution in [2.24, 2.45) is 11.7 Å². The predicted octanol–water partition coefficient (Wildman–Crippen LogP) is 0.924. The second kappa shape index (κ2) is 9.16. The standard InChI is InChI=1S/C18H25FN6O2S/c1-10(2)14(16(26)21-17(20)27)28-18-23-22-15(11(3)24(4)5)25(18)13-8-6-12(19)7-9-13/h6-11,14H,1-5H3,(H3,20,21,26,27)/p+1/t11-,14+/m0/s1. The Morgan fingerprint density at radius 3 is 2.29 bits per heavy atom. The number of hydrogen-bond donors (Lipinski definition) is 3. The third kappa shape index (κ3) is 5.08. The van der Waals surface area contributed by atoms with Crippen LogP contribution in [0.25, 0.3) is 5.69 Å². The molecule has 0 radical (unpaired) electrons. The number of nitrogens with two attached hydrogens (primary N) is 1. The minimum absolute atomic E-state index is 0.00356. The molecule has 0 saturated heterocycles. The Hall–Kier alpha value is -2.46. The third-order valence-corrected chi connectivity index (χ3v) is 5.83. The molecule has 0 saturated carbocycles. The number of imide groups is 1. The number of rotatable bonds is 7. The average Bonchev–Trinajstić information content (AvgIpc) is 3.02. The number of nitrogens with one attached hydrogen (secondary N) is 2. The first kappa shape index (κ1) is 21.8. The van der Waals surface area contributed by atoms with Gasteiger partial charge in [0.1, 0.15) is 11.9 Å². The number of halogens is 1. The number of amides is 3. The number of thioether (sulfide) groups is 1. The van der Waals surface area contributed by atoms with Crippen molar-refractivity contribution in [2.45, 2.75) is 37.2 Å². The van der Waals surface area contributed by atoms with Gasteiger partial charge in [-0.15, -0.1) is 10.2 Å². The van der Waals surface area contributed by atoms with E-state index in [2.05, 4.69) is 15.5 Å². The van der Waals surface area contributed by atoms with Crippen molar-refractivity contribution in [2.75, 3.05) is 14.1 Å². The average molecular weight is 410 g/mol. The smallest absolute Gasteiger partial charge is 0.318 e. The number of primary amides is 1. The molecule has 1 heterocycles. The van der Waals surface area contributed by atoms with Crippen LogP contribution in [0.5, 0.6) is 0 Å². The maximum atomic E-state index is 13.4. The molecule has 0 aliphatic carbocycles. The minimum atomic E-state index is -0.901. The number of carbonyl (C=O) groups is 2. The van der Waals surface area contributed by atoms with E-state index in [1.807, 2.05) is 39.4 Å². The van der Waals surface area contributed by atoms with E-state index in [1.54, 1.807) is 12.1 Å². The van der Waals surface area contributed by atoms with E-state index in [0.717, 1.165) is 4.90 Å². The van der Waals surface area contributed by atoms with E-state index in [0.29, 0.717) is 16.7 Å². The summed E-state index contributed by atoms with van der Waals surface area (Å²) in [7, 11) is 4.00. The van der Waals surface area contributed by atoms with Crippen molar-refractivity contribution >= 4 is 23.7 Å². The molecule has 4 N–H and O–H groups in total. The number of urea groups is 1. The van der Waals surface area contributed by atoms with Gasteiger partial charge in [-0.2, -0.15) is 0 Å². The van der Waals surface area contributed by atoms with Crippen LogP contribution in [-0.4, -0.2) is 46.0 Å². The van der Waals surface area contributed by atoms with Crippen LogP contribution in [-0.2, 0) is 4.79 Å². The molecule has 2 rings (SSSR count). The van der Waals surface area contributed by atoms with Crippen molar-refractivity contribution in [1.29, 1.82) is 0 Å². The lowest BCUT2D eigenvalue weighted by molar-refractivity contribution is -0.890. The number of nitrogens with zero attached hydrogens (tertiary/aromatic N) is 3. The van der Waals surface area contributed by atoms with Gasteiger partial charge in [0.15, 0.2) is 11.0 Å². The summed E-state index contributed by atoms with van der Waals surface area (Å²) in [6.07, 6.45) is 0. The zero-order valence-electron chi connectivity index (χ0n) is 16.6. The molecule has 0 aliphatic rings. The van der Waals surface area contributed by atoms with Crippen molar-refractivity contribution in [1.82, 2.24) is 20.1 Å². The topological polar surface area (TPSA) is 107 Å². The Labute approximate surface area is 167 Å².